The Morgan fingerprint density at radius 3 is 2.52 bits per heavy atom. The van der Waals surface area contributed by atoms with Crippen LogP contribution in [0.3, 0.4) is 0 Å². The van der Waals surface area contributed by atoms with Gasteiger partial charge in [0.2, 0.25) is 5.95 Å². The van der Waals surface area contributed by atoms with E-state index in [4.69, 9.17) is 4.74 Å². The van der Waals surface area contributed by atoms with Crippen LogP contribution in [0.2, 0.25) is 0 Å². The number of anilines is 3. The second kappa shape index (κ2) is 8.05. The van der Waals surface area contributed by atoms with Crippen LogP contribution >= 0.6 is 0 Å². The zero-order valence-corrected chi connectivity index (χ0v) is 13.7. The Kier molecular flexibility index (Phi) is 5.36. The zero-order valence-electron chi connectivity index (χ0n) is 13.7. The molecule has 0 saturated heterocycles. The first kappa shape index (κ1) is 16.6. The Balaban J connectivity index is 1.61. The zero-order chi connectivity index (χ0) is 17.5. The predicted molar refractivity (Wildman–Crippen MR) is 94.4 cm³/mol. The van der Waals surface area contributed by atoms with Crippen LogP contribution in [-0.4, -0.2) is 21.8 Å². The van der Waals surface area contributed by atoms with Crippen LogP contribution in [0.5, 0.6) is 5.75 Å². The van der Waals surface area contributed by atoms with E-state index in [0.717, 1.165) is 17.0 Å². The van der Waals surface area contributed by atoms with Gasteiger partial charge in [-0.3, -0.25) is 0 Å². The largest absolute Gasteiger partial charge is 0.494 e. The molecule has 0 amide bonds. The van der Waals surface area contributed by atoms with Gasteiger partial charge in [-0.15, -0.1) is 5.10 Å². The summed E-state index contributed by atoms with van der Waals surface area (Å²) in [5.41, 5.74) is 1.79. The molecule has 0 spiro atoms. The predicted octanol–water partition coefficient (Wildman–Crippen LogP) is 3.77. The molecule has 0 bridgehead atoms. The Morgan fingerprint density at radius 1 is 1.04 bits per heavy atom. The van der Waals surface area contributed by atoms with Crippen molar-refractivity contribution in [2.24, 2.45) is 0 Å². The number of nitrogens with one attached hydrogen (secondary N) is 2. The summed E-state index contributed by atoms with van der Waals surface area (Å²) in [7, 11) is 0. The molecule has 0 aliphatic rings. The smallest absolute Gasteiger partial charge is 0.244 e. The Labute approximate surface area is 145 Å². The topological polar surface area (TPSA) is 72.0 Å². The van der Waals surface area contributed by atoms with E-state index in [9.17, 15) is 4.39 Å². The molecule has 0 fully saturated rings. The van der Waals surface area contributed by atoms with Crippen LogP contribution in [0.4, 0.5) is 21.8 Å². The summed E-state index contributed by atoms with van der Waals surface area (Å²) in [6.45, 7) is 3.05. The molecule has 2 aromatic carbocycles. The Hall–Kier alpha value is -3.22. The van der Waals surface area contributed by atoms with Gasteiger partial charge in [0.05, 0.1) is 12.8 Å². The normalized spacial score (nSPS) is 10.3. The Morgan fingerprint density at radius 2 is 1.80 bits per heavy atom. The fourth-order valence-electron chi connectivity index (χ4n) is 2.17. The lowest BCUT2D eigenvalue weighted by molar-refractivity contribution is 0.340. The maximum Gasteiger partial charge on any atom is 0.244 e. The molecule has 6 nitrogen and oxygen atoms in total. The van der Waals surface area contributed by atoms with Crippen LogP contribution in [0.1, 0.15) is 12.5 Å². The van der Waals surface area contributed by atoms with Crippen LogP contribution < -0.4 is 15.4 Å². The highest BCUT2D eigenvalue weighted by Crippen LogP contribution is 2.19. The van der Waals surface area contributed by atoms with Crippen molar-refractivity contribution in [2.75, 3.05) is 17.2 Å². The minimum atomic E-state index is -0.261. The van der Waals surface area contributed by atoms with Gasteiger partial charge in [0.1, 0.15) is 11.6 Å². The summed E-state index contributed by atoms with van der Waals surface area (Å²) in [5, 5.41) is 14.1. The van der Waals surface area contributed by atoms with Crippen molar-refractivity contribution >= 4 is 17.5 Å². The molecule has 128 valence electrons. The molecule has 2 N–H and O–H groups in total. The molecule has 7 heteroatoms. The molecular formula is C18H18FN5O. The molecule has 0 aliphatic carbocycles. The van der Waals surface area contributed by atoms with Gasteiger partial charge in [-0.2, -0.15) is 10.1 Å². The number of hydrogen-bond acceptors (Lipinski definition) is 6. The molecule has 0 aliphatic heterocycles. The number of aromatic nitrogens is 3. The standard InChI is InChI=1S/C18H18FN5O/c1-2-25-16-9-7-15(8-10-16)22-17-12-21-24-18(23-17)20-11-13-3-5-14(19)6-4-13/h3-10,12H,2,11H2,1H3,(H2,20,22,23,24). The quantitative estimate of drug-likeness (QED) is 0.683. The lowest BCUT2D eigenvalue weighted by Gasteiger charge is -2.09. The highest BCUT2D eigenvalue weighted by Gasteiger charge is 2.02. The molecule has 0 unspecified atom stereocenters. The first-order valence-electron chi connectivity index (χ1n) is 7.91. The summed E-state index contributed by atoms with van der Waals surface area (Å²) < 4.78 is 18.3. The monoisotopic (exact) mass is 339 g/mol. The van der Waals surface area contributed by atoms with Gasteiger partial charge in [-0.25, -0.2) is 4.39 Å². The number of halogens is 1. The molecule has 3 aromatic rings. The van der Waals surface area contributed by atoms with Gasteiger partial charge < -0.3 is 15.4 Å². The van der Waals surface area contributed by atoms with Gasteiger partial charge in [0, 0.05) is 12.2 Å². The van der Waals surface area contributed by atoms with E-state index in [2.05, 4.69) is 25.8 Å². The maximum absolute atomic E-state index is 12.9. The highest BCUT2D eigenvalue weighted by atomic mass is 19.1. The van der Waals surface area contributed by atoms with E-state index in [0.29, 0.717) is 24.9 Å². The van der Waals surface area contributed by atoms with Gasteiger partial charge in [-0.1, -0.05) is 12.1 Å². The third-order valence-electron chi connectivity index (χ3n) is 3.36. The minimum absolute atomic E-state index is 0.261. The van der Waals surface area contributed by atoms with E-state index in [-0.39, 0.29) is 5.82 Å². The second-order valence-electron chi connectivity index (χ2n) is 5.23. The van der Waals surface area contributed by atoms with Crippen LogP contribution in [-0.2, 0) is 6.54 Å². The van der Waals surface area contributed by atoms with Crippen molar-refractivity contribution < 1.29 is 9.13 Å². The molecule has 1 heterocycles. The summed E-state index contributed by atoms with van der Waals surface area (Å²) in [4.78, 5) is 4.36. The molecule has 0 saturated carbocycles. The summed E-state index contributed by atoms with van der Waals surface area (Å²) in [5.74, 6) is 1.51. The number of nitrogens with zero attached hydrogens (tertiary/aromatic N) is 3. The van der Waals surface area contributed by atoms with Crippen molar-refractivity contribution in [3.05, 3.63) is 66.1 Å². The first-order valence-corrected chi connectivity index (χ1v) is 7.91. The van der Waals surface area contributed by atoms with Crippen molar-refractivity contribution in [3.63, 3.8) is 0 Å². The van der Waals surface area contributed by atoms with E-state index < -0.39 is 0 Å². The summed E-state index contributed by atoms with van der Waals surface area (Å²) >= 11 is 0. The second-order valence-corrected chi connectivity index (χ2v) is 5.23. The molecule has 1 aromatic heterocycles. The maximum atomic E-state index is 12.9. The third-order valence-corrected chi connectivity index (χ3v) is 3.36. The molecule has 3 rings (SSSR count). The molecule has 0 radical (unpaired) electrons. The van der Waals surface area contributed by atoms with Crippen LogP contribution in [0.25, 0.3) is 0 Å². The first-order chi connectivity index (χ1) is 12.2. The van der Waals surface area contributed by atoms with E-state index in [1.807, 2.05) is 31.2 Å². The van der Waals surface area contributed by atoms with Crippen molar-refractivity contribution in [1.29, 1.82) is 0 Å². The number of hydrogen-bond donors (Lipinski definition) is 2. The van der Waals surface area contributed by atoms with Crippen molar-refractivity contribution in [3.8, 4) is 5.75 Å². The number of benzene rings is 2. The highest BCUT2D eigenvalue weighted by molar-refractivity contribution is 5.57. The van der Waals surface area contributed by atoms with Crippen LogP contribution in [0.15, 0.2) is 54.7 Å². The van der Waals surface area contributed by atoms with Gasteiger partial charge in [-0.05, 0) is 48.9 Å². The molecular weight excluding hydrogens is 321 g/mol. The minimum Gasteiger partial charge on any atom is -0.494 e. The van der Waals surface area contributed by atoms with Gasteiger partial charge >= 0.3 is 0 Å². The molecule has 0 atom stereocenters. The lowest BCUT2D eigenvalue weighted by atomic mass is 10.2. The van der Waals surface area contributed by atoms with E-state index in [1.165, 1.54) is 12.1 Å². The fourth-order valence-corrected chi connectivity index (χ4v) is 2.17. The summed E-state index contributed by atoms with van der Waals surface area (Å²) in [6.07, 6.45) is 1.54. The summed E-state index contributed by atoms with van der Waals surface area (Å²) in [6, 6.07) is 13.8. The van der Waals surface area contributed by atoms with Gasteiger partial charge in [0.15, 0.2) is 5.82 Å². The number of ether oxygens (including phenoxy) is 1. The molecule has 25 heavy (non-hydrogen) atoms. The van der Waals surface area contributed by atoms with Crippen molar-refractivity contribution in [1.82, 2.24) is 15.2 Å². The average molecular weight is 339 g/mol. The fraction of sp³-hybridized carbons (Fsp3) is 0.167. The Bertz CT molecular complexity index is 808. The third kappa shape index (κ3) is 4.87. The number of rotatable bonds is 7. The van der Waals surface area contributed by atoms with Crippen molar-refractivity contribution in [2.45, 2.75) is 13.5 Å². The van der Waals surface area contributed by atoms with Gasteiger partial charge in [0.25, 0.3) is 0 Å². The van der Waals surface area contributed by atoms with E-state index in [1.54, 1.807) is 18.3 Å². The average Bonchev–Trinajstić information content (AvgIpc) is 2.64. The lowest BCUT2D eigenvalue weighted by Crippen LogP contribution is -2.06. The SMILES string of the molecule is CCOc1ccc(Nc2cnnc(NCc3ccc(F)cc3)n2)cc1. The van der Waals surface area contributed by atoms with E-state index >= 15 is 0 Å². The van der Waals surface area contributed by atoms with Crippen LogP contribution in [0, 0.1) is 5.82 Å².